The van der Waals surface area contributed by atoms with Crippen molar-refractivity contribution in [3.05, 3.63) is 91.2 Å². The number of nitrogens with zero attached hydrogens (tertiary/aromatic N) is 2. The molecule has 4 aromatic rings. The number of carbonyl (C=O) groups excluding carboxylic acids is 1. The number of aromatic nitrogens is 1. The second-order valence-electron chi connectivity index (χ2n) is 6.94. The summed E-state index contributed by atoms with van der Waals surface area (Å²) in [5, 5.41) is 1.35. The Morgan fingerprint density at radius 2 is 1.86 bits per heavy atom. The fraction of sp³-hybridized carbons (Fsp3) is 0.136. The maximum absolute atomic E-state index is 13.4. The lowest BCUT2D eigenvalue weighted by molar-refractivity contribution is 0.0971. The number of benzene rings is 2. The molecule has 0 saturated heterocycles. The Hall–Kier alpha value is -2.96. The van der Waals surface area contributed by atoms with E-state index in [1.54, 1.807) is 23.1 Å². The highest BCUT2D eigenvalue weighted by atomic mass is 35.5. The summed E-state index contributed by atoms with van der Waals surface area (Å²) in [6.07, 6.45) is 0. The Labute approximate surface area is 175 Å². The lowest BCUT2D eigenvalue weighted by Crippen LogP contribution is -2.29. The minimum Gasteiger partial charge on any atom is -0.450 e. The molecule has 0 spiro atoms. The van der Waals surface area contributed by atoms with Gasteiger partial charge in [0.1, 0.15) is 5.58 Å². The topological polar surface area (TPSA) is 63.4 Å². The van der Waals surface area contributed by atoms with Gasteiger partial charge in [0.15, 0.2) is 10.6 Å². The standard InChI is InChI=1S/C22H15ClN2O3S/c1-11-12(2)29-22(24-11)25-18(13-6-4-3-5-7-13)17-19(26)15-10-14(23)8-9-16(15)28-20(17)21(25)27/h3-10,18H,1-2H3. The van der Waals surface area contributed by atoms with Crippen LogP contribution in [0.1, 0.15) is 38.3 Å². The van der Waals surface area contributed by atoms with Crippen molar-refractivity contribution in [3.8, 4) is 0 Å². The van der Waals surface area contributed by atoms with Crippen molar-refractivity contribution in [1.29, 1.82) is 0 Å². The average Bonchev–Trinajstić information content (AvgIpc) is 3.20. The van der Waals surface area contributed by atoms with E-state index in [4.69, 9.17) is 16.0 Å². The second-order valence-corrected chi connectivity index (χ2v) is 8.56. The molecule has 1 aliphatic rings. The van der Waals surface area contributed by atoms with Crippen LogP contribution in [0.4, 0.5) is 5.13 Å². The SMILES string of the molecule is Cc1nc(N2C(=O)c3oc4ccc(Cl)cc4c(=O)c3C2c2ccccc2)sc1C. The third-order valence-corrected chi connectivity index (χ3v) is 6.48. The molecule has 1 amide bonds. The molecule has 0 aliphatic carbocycles. The van der Waals surface area contributed by atoms with E-state index in [0.717, 1.165) is 16.1 Å². The minimum atomic E-state index is -0.608. The molecule has 2 aromatic carbocycles. The van der Waals surface area contributed by atoms with Crippen LogP contribution in [0.5, 0.6) is 0 Å². The van der Waals surface area contributed by atoms with Crippen LogP contribution in [-0.4, -0.2) is 10.9 Å². The van der Waals surface area contributed by atoms with Crippen molar-refractivity contribution in [1.82, 2.24) is 4.98 Å². The molecular weight excluding hydrogens is 408 g/mol. The predicted octanol–water partition coefficient (Wildman–Crippen LogP) is 5.27. The van der Waals surface area contributed by atoms with Gasteiger partial charge in [-0.25, -0.2) is 4.98 Å². The third kappa shape index (κ3) is 2.71. The first-order valence-corrected chi connectivity index (χ1v) is 10.2. The van der Waals surface area contributed by atoms with Gasteiger partial charge in [0.05, 0.1) is 22.7 Å². The molecule has 144 valence electrons. The van der Waals surface area contributed by atoms with E-state index >= 15 is 0 Å². The molecule has 2 aromatic heterocycles. The number of fused-ring (bicyclic) bond motifs is 2. The van der Waals surface area contributed by atoms with E-state index in [0.29, 0.717) is 26.7 Å². The van der Waals surface area contributed by atoms with Gasteiger partial charge in [-0.3, -0.25) is 14.5 Å². The molecule has 5 nitrogen and oxygen atoms in total. The fourth-order valence-corrected chi connectivity index (χ4v) is 4.76. The van der Waals surface area contributed by atoms with E-state index in [9.17, 15) is 9.59 Å². The van der Waals surface area contributed by atoms with Crippen LogP contribution in [0.15, 0.2) is 57.7 Å². The van der Waals surface area contributed by atoms with Gasteiger partial charge in [0, 0.05) is 9.90 Å². The van der Waals surface area contributed by atoms with Gasteiger partial charge in [0.2, 0.25) is 5.76 Å². The highest BCUT2D eigenvalue weighted by Crippen LogP contribution is 2.42. The van der Waals surface area contributed by atoms with Crippen LogP contribution in [0, 0.1) is 13.8 Å². The molecule has 7 heteroatoms. The zero-order valence-electron chi connectivity index (χ0n) is 15.6. The van der Waals surface area contributed by atoms with Gasteiger partial charge in [0.25, 0.3) is 5.91 Å². The van der Waals surface area contributed by atoms with Gasteiger partial charge >= 0.3 is 0 Å². The minimum absolute atomic E-state index is 0.0594. The molecule has 29 heavy (non-hydrogen) atoms. The van der Waals surface area contributed by atoms with Crippen molar-refractivity contribution in [2.75, 3.05) is 4.90 Å². The molecule has 1 aliphatic heterocycles. The van der Waals surface area contributed by atoms with Gasteiger partial charge in [-0.05, 0) is 37.6 Å². The number of anilines is 1. The number of hydrogen-bond donors (Lipinski definition) is 0. The number of aryl methyl sites for hydroxylation is 2. The number of halogens is 1. The normalized spacial score (nSPS) is 15.9. The molecule has 5 rings (SSSR count). The highest BCUT2D eigenvalue weighted by molar-refractivity contribution is 7.15. The van der Waals surface area contributed by atoms with Crippen LogP contribution < -0.4 is 10.3 Å². The summed E-state index contributed by atoms with van der Waals surface area (Å²) in [5.74, 6) is -0.305. The van der Waals surface area contributed by atoms with Gasteiger partial charge in [-0.2, -0.15) is 0 Å². The first-order chi connectivity index (χ1) is 14.0. The fourth-order valence-electron chi connectivity index (χ4n) is 3.65. The molecule has 0 radical (unpaired) electrons. The lowest BCUT2D eigenvalue weighted by Gasteiger charge is -2.22. The van der Waals surface area contributed by atoms with E-state index in [1.165, 1.54) is 11.3 Å². The summed E-state index contributed by atoms with van der Waals surface area (Å²) < 4.78 is 5.92. The van der Waals surface area contributed by atoms with Crippen LogP contribution in [-0.2, 0) is 0 Å². The van der Waals surface area contributed by atoms with Crippen LogP contribution in [0.2, 0.25) is 5.02 Å². The zero-order valence-corrected chi connectivity index (χ0v) is 17.2. The Bertz CT molecular complexity index is 1320. The summed E-state index contributed by atoms with van der Waals surface area (Å²) in [4.78, 5) is 34.0. The summed E-state index contributed by atoms with van der Waals surface area (Å²) in [5.41, 5.74) is 2.09. The maximum atomic E-state index is 13.4. The number of hydrogen-bond acceptors (Lipinski definition) is 5. The molecule has 0 fully saturated rings. The number of rotatable bonds is 2. The number of thiazole rings is 1. The van der Waals surface area contributed by atoms with Crippen LogP contribution in [0.25, 0.3) is 11.0 Å². The van der Waals surface area contributed by atoms with Crippen molar-refractivity contribution < 1.29 is 9.21 Å². The monoisotopic (exact) mass is 422 g/mol. The summed E-state index contributed by atoms with van der Waals surface area (Å²) in [7, 11) is 0. The largest absolute Gasteiger partial charge is 0.450 e. The Morgan fingerprint density at radius 1 is 1.10 bits per heavy atom. The zero-order chi connectivity index (χ0) is 20.3. The van der Waals surface area contributed by atoms with Crippen molar-refractivity contribution in [2.24, 2.45) is 0 Å². The maximum Gasteiger partial charge on any atom is 0.297 e. The van der Waals surface area contributed by atoms with Gasteiger partial charge in [-0.15, -0.1) is 11.3 Å². The average molecular weight is 423 g/mol. The quantitative estimate of drug-likeness (QED) is 0.441. The number of amides is 1. The van der Waals surface area contributed by atoms with Crippen LogP contribution >= 0.6 is 22.9 Å². The molecule has 1 unspecified atom stereocenters. The van der Waals surface area contributed by atoms with E-state index < -0.39 is 6.04 Å². The molecule has 0 saturated carbocycles. The molecule has 3 heterocycles. The number of carbonyl (C=O) groups is 1. The molecule has 0 N–H and O–H groups in total. The summed E-state index contributed by atoms with van der Waals surface area (Å²) >= 11 is 7.53. The summed E-state index contributed by atoms with van der Waals surface area (Å²) in [6, 6.07) is 13.7. The second kappa shape index (κ2) is 6.54. The Morgan fingerprint density at radius 3 is 2.55 bits per heavy atom. The first kappa shape index (κ1) is 18.1. The summed E-state index contributed by atoms with van der Waals surface area (Å²) in [6.45, 7) is 3.86. The van der Waals surface area contributed by atoms with Gasteiger partial charge < -0.3 is 4.42 Å². The van der Waals surface area contributed by atoms with E-state index in [1.807, 2.05) is 44.2 Å². The van der Waals surface area contributed by atoms with E-state index in [2.05, 4.69) is 4.98 Å². The molecular formula is C22H15ClN2O3S. The molecule has 1 atom stereocenters. The Kier molecular flexibility index (Phi) is 4.08. The third-order valence-electron chi connectivity index (χ3n) is 5.17. The van der Waals surface area contributed by atoms with Gasteiger partial charge in [-0.1, -0.05) is 41.9 Å². The van der Waals surface area contributed by atoms with Crippen molar-refractivity contribution >= 4 is 44.9 Å². The highest BCUT2D eigenvalue weighted by Gasteiger charge is 2.44. The first-order valence-electron chi connectivity index (χ1n) is 9.04. The molecule has 0 bridgehead atoms. The Balaban J connectivity index is 1.83. The van der Waals surface area contributed by atoms with Crippen molar-refractivity contribution in [3.63, 3.8) is 0 Å². The lowest BCUT2D eigenvalue weighted by atomic mass is 9.99. The van der Waals surface area contributed by atoms with Crippen molar-refractivity contribution in [2.45, 2.75) is 19.9 Å². The smallest absolute Gasteiger partial charge is 0.297 e. The predicted molar refractivity (Wildman–Crippen MR) is 114 cm³/mol. The van der Waals surface area contributed by atoms with Crippen LogP contribution in [0.3, 0.4) is 0 Å². The van der Waals surface area contributed by atoms with E-state index in [-0.39, 0.29) is 17.1 Å².